The van der Waals surface area contributed by atoms with E-state index in [2.05, 4.69) is 4.98 Å². The van der Waals surface area contributed by atoms with Crippen molar-refractivity contribution in [3.63, 3.8) is 0 Å². The standard InChI is InChI=1S/C7H12N2O/c1-6(7(2)10)9-4-3-8-5-9/h3-7,10H,1-2H3. The van der Waals surface area contributed by atoms with E-state index < -0.39 is 0 Å². The summed E-state index contributed by atoms with van der Waals surface area (Å²) in [7, 11) is 0. The Bertz CT molecular complexity index is 181. The minimum absolute atomic E-state index is 0.113. The van der Waals surface area contributed by atoms with Crippen LogP contribution in [0.15, 0.2) is 18.7 Å². The third-order valence-corrected chi connectivity index (χ3v) is 1.69. The fourth-order valence-electron chi connectivity index (χ4n) is 0.759. The largest absolute Gasteiger partial charge is 0.391 e. The zero-order valence-corrected chi connectivity index (χ0v) is 6.23. The first-order valence-corrected chi connectivity index (χ1v) is 3.37. The molecular formula is C7H12N2O. The molecule has 0 aromatic carbocycles. The van der Waals surface area contributed by atoms with E-state index in [9.17, 15) is 0 Å². The van der Waals surface area contributed by atoms with Gasteiger partial charge in [-0.15, -0.1) is 0 Å². The zero-order chi connectivity index (χ0) is 7.56. The molecule has 2 atom stereocenters. The van der Waals surface area contributed by atoms with Crippen molar-refractivity contribution in [2.45, 2.75) is 26.0 Å². The first-order valence-electron chi connectivity index (χ1n) is 3.37. The fourth-order valence-corrected chi connectivity index (χ4v) is 0.759. The maximum Gasteiger partial charge on any atom is 0.0949 e. The number of hydrogen-bond donors (Lipinski definition) is 1. The van der Waals surface area contributed by atoms with Gasteiger partial charge in [-0.1, -0.05) is 0 Å². The van der Waals surface area contributed by atoms with Gasteiger partial charge in [0.2, 0.25) is 0 Å². The first-order chi connectivity index (χ1) is 4.72. The van der Waals surface area contributed by atoms with Gasteiger partial charge < -0.3 is 9.67 Å². The third kappa shape index (κ3) is 1.36. The van der Waals surface area contributed by atoms with Crippen molar-refractivity contribution in [1.29, 1.82) is 0 Å². The molecule has 0 radical (unpaired) electrons. The lowest BCUT2D eigenvalue weighted by molar-refractivity contribution is 0.139. The SMILES string of the molecule is CC(O)C(C)n1ccnc1. The molecule has 1 rings (SSSR count). The number of aliphatic hydroxyl groups is 1. The maximum atomic E-state index is 9.14. The minimum Gasteiger partial charge on any atom is -0.391 e. The smallest absolute Gasteiger partial charge is 0.0949 e. The van der Waals surface area contributed by atoms with Crippen LogP contribution in [0.5, 0.6) is 0 Å². The summed E-state index contributed by atoms with van der Waals surface area (Å²) >= 11 is 0. The van der Waals surface area contributed by atoms with Crippen molar-refractivity contribution < 1.29 is 5.11 Å². The Labute approximate surface area is 60.3 Å². The Hall–Kier alpha value is -0.830. The fraction of sp³-hybridized carbons (Fsp3) is 0.571. The number of aromatic nitrogens is 2. The number of hydrogen-bond acceptors (Lipinski definition) is 2. The molecule has 1 aromatic heterocycles. The Balaban J connectivity index is 2.68. The van der Waals surface area contributed by atoms with Crippen molar-refractivity contribution >= 4 is 0 Å². The van der Waals surface area contributed by atoms with Crippen molar-refractivity contribution in [3.05, 3.63) is 18.7 Å². The van der Waals surface area contributed by atoms with Gasteiger partial charge in [-0.25, -0.2) is 4.98 Å². The van der Waals surface area contributed by atoms with Gasteiger partial charge in [0.25, 0.3) is 0 Å². The van der Waals surface area contributed by atoms with Gasteiger partial charge in [0.15, 0.2) is 0 Å². The summed E-state index contributed by atoms with van der Waals surface area (Å²) in [4.78, 5) is 3.88. The summed E-state index contributed by atoms with van der Waals surface area (Å²) in [5, 5.41) is 9.14. The van der Waals surface area contributed by atoms with Gasteiger partial charge in [0, 0.05) is 12.4 Å². The molecule has 0 saturated carbocycles. The van der Waals surface area contributed by atoms with E-state index in [0.29, 0.717) is 0 Å². The summed E-state index contributed by atoms with van der Waals surface area (Å²) in [6.45, 7) is 3.72. The summed E-state index contributed by atoms with van der Waals surface area (Å²) in [5.41, 5.74) is 0. The third-order valence-electron chi connectivity index (χ3n) is 1.69. The minimum atomic E-state index is -0.325. The van der Waals surface area contributed by atoms with Crippen LogP contribution >= 0.6 is 0 Å². The van der Waals surface area contributed by atoms with Crippen molar-refractivity contribution in [3.8, 4) is 0 Å². The van der Waals surface area contributed by atoms with E-state index in [1.807, 2.05) is 17.7 Å². The summed E-state index contributed by atoms with van der Waals surface area (Å²) < 4.78 is 1.88. The zero-order valence-electron chi connectivity index (χ0n) is 6.23. The lowest BCUT2D eigenvalue weighted by Crippen LogP contribution is -2.16. The number of aliphatic hydroxyl groups excluding tert-OH is 1. The molecule has 10 heavy (non-hydrogen) atoms. The maximum absolute atomic E-state index is 9.14. The Morgan fingerprint density at radius 2 is 2.20 bits per heavy atom. The van der Waals surface area contributed by atoms with E-state index in [1.165, 1.54) is 0 Å². The Morgan fingerprint density at radius 1 is 1.50 bits per heavy atom. The highest BCUT2D eigenvalue weighted by Crippen LogP contribution is 2.08. The van der Waals surface area contributed by atoms with Crippen LogP contribution in [0.1, 0.15) is 19.9 Å². The predicted octanol–water partition coefficient (Wildman–Crippen LogP) is 0.825. The quantitative estimate of drug-likeness (QED) is 0.660. The highest BCUT2D eigenvalue weighted by Gasteiger charge is 2.08. The average Bonchev–Trinajstić information content (AvgIpc) is 2.36. The molecule has 0 spiro atoms. The van der Waals surface area contributed by atoms with Crippen LogP contribution in [0.2, 0.25) is 0 Å². The van der Waals surface area contributed by atoms with Crippen LogP contribution in [0, 0.1) is 0 Å². The first kappa shape index (κ1) is 7.28. The van der Waals surface area contributed by atoms with E-state index >= 15 is 0 Å². The molecule has 0 aliphatic rings. The van der Waals surface area contributed by atoms with Crippen LogP contribution < -0.4 is 0 Å². The van der Waals surface area contributed by atoms with Crippen molar-refractivity contribution in [2.75, 3.05) is 0 Å². The highest BCUT2D eigenvalue weighted by atomic mass is 16.3. The van der Waals surface area contributed by atoms with E-state index in [4.69, 9.17) is 5.11 Å². The van der Waals surface area contributed by atoms with Crippen LogP contribution in [-0.4, -0.2) is 20.8 Å². The van der Waals surface area contributed by atoms with Gasteiger partial charge >= 0.3 is 0 Å². The van der Waals surface area contributed by atoms with Crippen molar-refractivity contribution in [2.24, 2.45) is 0 Å². The Kier molecular flexibility index (Phi) is 2.06. The molecule has 0 aliphatic carbocycles. The second-order valence-corrected chi connectivity index (χ2v) is 2.49. The van der Waals surface area contributed by atoms with Gasteiger partial charge in [-0.3, -0.25) is 0 Å². The molecule has 0 fully saturated rings. The second kappa shape index (κ2) is 2.84. The van der Waals surface area contributed by atoms with Gasteiger partial charge in [-0.05, 0) is 13.8 Å². The molecule has 0 amide bonds. The van der Waals surface area contributed by atoms with Gasteiger partial charge in [-0.2, -0.15) is 0 Å². The van der Waals surface area contributed by atoms with E-state index in [0.717, 1.165) is 0 Å². The number of rotatable bonds is 2. The summed E-state index contributed by atoms with van der Waals surface area (Å²) in [5.74, 6) is 0. The van der Waals surface area contributed by atoms with Crippen LogP contribution in [0.3, 0.4) is 0 Å². The molecule has 56 valence electrons. The molecule has 1 heterocycles. The van der Waals surface area contributed by atoms with Crippen molar-refractivity contribution in [1.82, 2.24) is 9.55 Å². The van der Waals surface area contributed by atoms with E-state index in [-0.39, 0.29) is 12.1 Å². The molecule has 3 heteroatoms. The molecule has 0 aliphatic heterocycles. The van der Waals surface area contributed by atoms with Gasteiger partial charge in [0.05, 0.1) is 18.5 Å². The predicted molar refractivity (Wildman–Crippen MR) is 38.6 cm³/mol. The summed E-state index contributed by atoms with van der Waals surface area (Å²) in [6, 6.07) is 0.113. The van der Waals surface area contributed by atoms with Crippen LogP contribution in [0.25, 0.3) is 0 Å². The normalized spacial score (nSPS) is 16.7. The monoisotopic (exact) mass is 140 g/mol. The number of nitrogens with zero attached hydrogens (tertiary/aromatic N) is 2. The lowest BCUT2D eigenvalue weighted by Gasteiger charge is -2.15. The van der Waals surface area contributed by atoms with Crippen LogP contribution in [-0.2, 0) is 0 Å². The molecule has 3 nitrogen and oxygen atoms in total. The molecular weight excluding hydrogens is 128 g/mol. The molecule has 1 N–H and O–H groups in total. The average molecular weight is 140 g/mol. The molecule has 1 aromatic rings. The second-order valence-electron chi connectivity index (χ2n) is 2.49. The van der Waals surface area contributed by atoms with Gasteiger partial charge in [0.1, 0.15) is 0 Å². The molecule has 0 saturated heterocycles. The highest BCUT2D eigenvalue weighted by molar-refractivity contribution is 4.80. The topological polar surface area (TPSA) is 38.0 Å². The number of imidazole rings is 1. The summed E-state index contributed by atoms with van der Waals surface area (Å²) in [6.07, 6.45) is 4.93. The van der Waals surface area contributed by atoms with Crippen LogP contribution in [0.4, 0.5) is 0 Å². The molecule has 0 bridgehead atoms. The van der Waals surface area contributed by atoms with E-state index in [1.54, 1.807) is 19.4 Å². The Morgan fingerprint density at radius 3 is 2.60 bits per heavy atom. The lowest BCUT2D eigenvalue weighted by atomic mass is 10.2. The molecule has 2 unspecified atom stereocenters.